The Balaban J connectivity index is 1.94. The van der Waals surface area contributed by atoms with E-state index in [1.807, 2.05) is 6.07 Å². The zero-order chi connectivity index (χ0) is 16.3. The van der Waals surface area contributed by atoms with Gasteiger partial charge in [-0.05, 0) is 32.9 Å². The summed E-state index contributed by atoms with van der Waals surface area (Å²) in [6, 6.07) is 8.26. The normalized spacial score (nSPS) is 21.5. The SMILES string of the molecule is CC(C)(C)OC(=O)N1C[C@H](NC(=O)c2ccccc2)[C@@H](O)C1. The lowest BCUT2D eigenvalue weighted by Crippen LogP contribution is -2.43. The van der Waals surface area contributed by atoms with E-state index in [0.29, 0.717) is 5.56 Å². The van der Waals surface area contributed by atoms with Crippen LogP contribution in [0.2, 0.25) is 0 Å². The van der Waals surface area contributed by atoms with E-state index in [9.17, 15) is 14.7 Å². The molecule has 120 valence electrons. The molecule has 0 radical (unpaired) electrons. The predicted octanol–water partition coefficient (Wildman–Crippen LogP) is 1.40. The van der Waals surface area contributed by atoms with Crippen molar-refractivity contribution in [1.82, 2.24) is 10.2 Å². The molecule has 1 saturated heterocycles. The van der Waals surface area contributed by atoms with E-state index in [4.69, 9.17) is 4.74 Å². The summed E-state index contributed by atoms with van der Waals surface area (Å²) < 4.78 is 5.27. The maximum Gasteiger partial charge on any atom is 0.410 e. The highest BCUT2D eigenvalue weighted by molar-refractivity contribution is 5.94. The van der Waals surface area contributed by atoms with Gasteiger partial charge in [0.1, 0.15) is 5.60 Å². The first-order valence-corrected chi connectivity index (χ1v) is 7.28. The van der Waals surface area contributed by atoms with Gasteiger partial charge in [0, 0.05) is 12.1 Å². The lowest BCUT2D eigenvalue weighted by molar-refractivity contribution is 0.0269. The summed E-state index contributed by atoms with van der Waals surface area (Å²) in [6.07, 6.45) is -1.29. The number of likely N-dealkylation sites (tertiary alicyclic amines) is 1. The number of nitrogens with zero attached hydrogens (tertiary/aromatic N) is 1. The number of nitrogens with one attached hydrogen (secondary N) is 1. The van der Waals surface area contributed by atoms with Crippen molar-refractivity contribution in [2.45, 2.75) is 38.5 Å². The quantitative estimate of drug-likeness (QED) is 0.865. The molecule has 2 atom stereocenters. The number of amides is 2. The molecule has 6 heteroatoms. The van der Waals surface area contributed by atoms with E-state index in [-0.39, 0.29) is 19.0 Å². The van der Waals surface area contributed by atoms with Crippen molar-refractivity contribution in [1.29, 1.82) is 0 Å². The predicted molar refractivity (Wildman–Crippen MR) is 81.5 cm³/mol. The molecule has 2 rings (SSSR count). The highest BCUT2D eigenvalue weighted by atomic mass is 16.6. The molecule has 0 spiro atoms. The van der Waals surface area contributed by atoms with Crippen LogP contribution in [0, 0.1) is 0 Å². The molecule has 0 aliphatic carbocycles. The Kier molecular flexibility index (Phi) is 4.71. The van der Waals surface area contributed by atoms with Gasteiger partial charge in [-0.1, -0.05) is 18.2 Å². The van der Waals surface area contributed by atoms with Crippen LogP contribution in [-0.2, 0) is 4.74 Å². The molecule has 22 heavy (non-hydrogen) atoms. The van der Waals surface area contributed by atoms with Crippen LogP contribution in [-0.4, -0.2) is 52.8 Å². The molecule has 1 aliphatic rings. The van der Waals surface area contributed by atoms with Gasteiger partial charge < -0.3 is 20.1 Å². The van der Waals surface area contributed by atoms with Gasteiger partial charge in [0.2, 0.25) is 0 Å². The van der Waals surface area contributed by atoms with E-state index in [1.165, 1.54) is 4.90 Å². The van der Waals surface area contributed by atoms with Crippen LogP contribution in [0.5, 0.6) is 0 Å². The molecule has 2 amide bonds. The molecule has 1 aromatic rings. The average Bonchev–Trinajstić information content (AvgIpc) is 2.79. The van der Waals surface area contributed by atoms with Crippen molar-refractivity contribution in [3.63, 3.8) is 0 Å². The molecule has 1 aromatic carbocycles. The zero-order valence-corrected chi connectivity index (χ0v) is 13.1. The fourth-order valence-corrected chi connectivity index (χ4v) is 2.25. The van der Waals surface area contributed by atoms with Crippen LogP contribution < -0.4 is 5.32 Å². The second-order valence-electron chi connectivity index (χ2n) is 6.40. The van der Waals surface area contributed by atoms with Crippen molar-refractivity contribution >= 4 is 12.0 Å². The Morgan fingerprint density at radius 1 is 1.23 bits per heavy atom. The van der Waals surface area contributed by atoms with E-state index in [1.54, 1.807) is 45.0 Å². The topological polar surface area (TPSA) is 78.9 Å². The maximum atomic E-state index is 12.1. The van der Waals surface area contributed by atoms with Crippen molar-refractivity contribution < 1.29 is 19.4 Å². The molecule has 1 aliphatic heterocycles. The summed E-state index contributed by atoms with van der Waals surface area (Å²) in [5.41, 5.74) is -0.0710. The minimum absolute atomic E-state index is 0.147. The molecular weight excluding hydrogens is 284 g/mol. The van der Waals surface area contributed by atoms with Crippen molar-refractivity contribution in [2.75, 3.05) is 13.1 Å². The molecule has 0 bridgehead atoms. The van der Waals surface area contributed by atoms with E-state index < -0.39 is 23.8 Å². The van der Waals surface area contributed by atoms with Crippen LogP contribution in [0.1, 0.15) is 31.1 Å². The number of β-amino-alcohol motifs (C(OH)–C–C–N with tert-alkyl or cyclic N) is 1. The number of benzene rings is 1. The summed E-state index contributed by atoms with van der Waals surface area (Å²) in [5, 5.41) is 12.8. The second kappa shape index (κ2) is 6.36. The number of rotatable bonds is 2. The molecular formula is C16H22N2O4. The van der Waals surface area contributed by atoms with Crippen LogP contribution in [0.25, 0.3) is 0 Å². The number of hydrogen-bond donors (Lipinski definition) is 2. The van der Waals surface area contributed by atoms with Gasteiger partial charge in [-0.15, -0.1) is 0 Å². The van der Waals surface area contributed by atoms with Crippen molar-refractivity contribution in [2.24, 2.45) is 0 Å². The Bertz CT molecular complexity index is 539. The summed E-state index contributed by atoms with van der Waals surface area (Å²) >= 11 is 0. The third-order valence-corrected chi connectivity index (χ3v) is 3.29. The number of aliphatic hydroxyl groups is 1. The Labute approximate surface area is 130 Å². The first-order chi connectivity index (χ1) is 10.3. The molecule has 2 N–H and O–H groups in total. The zero-order valence-electron chi connectivity index (χ0n) is 13.1. The summed E-state index contributed by atoms with van der Waals surface area (Å²) in [6.45, 7) is 5.73. The van der Waals surface area contributed by atoms with Gasteiger partial charge in [-0.2, -0.15) is 0 Å². The Morgan fingerprint density at radius 2 is 1.86 bits per heavy atom. The summed E-state index contributed by atoms with van der Waals surface area (Å²) in [7, 11) is 0. The fourth-order valence-electron chi connectivity index (χ4n) is 2.25. The van der Waals surface area contributed by atoms with Crippen LogP contribution >= 0.6 is 0 Å². The largest absolute Gasteiger partial charge is 0.444 e. The van der Waals surface area contributed by atoms with Gasteiger partial charge in [0.25, 0.3) is 5.91 Å². The summed E-state index contributed by atoms with van der Waals surface area (Å²) in [5.74, 6) is -0.268. The highest BCUT2D eigenvalue weighted by Gasteiger charge is 2.37. The van der Waals surface area contributed by atoms with Gasteiger partial charge in [-0.25, -0.2) is 4.79 Å². The Morgan fingerprint density at radius 3 is 2.45 bits per heavy atom. The number of hydrogen-bond acceptors (Lipinski definition) is 4. The van der Waals surface area contributed by atoms with Crippen LogP contribution in [0.4, 0.5) is 4.79 Å². The number of ether oxygens (including phenoxy) is 1. The molecule has 1 fully saturated rings. The second-order valence-corrected chi connectivity index (χ2v) is 6.40. The molecule has 0 aromatic heterocycles. The third-order valence-electron chi connectivity index (χ3n) is 3.29. The number of carbonyl (C=O) groups excluding carboxylic acids is 2. The smallest absolute Gasteiger partial charge is 0.410 e. The minimum Gasteiger partial charge on any atom is -0.444 e. The average molecular weight is 306 g/mol. The van der Waals surface area contributed by atoms with Gasteiger partial charge in [0.05, 0.1) is 18.7 Å². The molecule has 0 saturated carbocycles. The summed E-state index contributed by atoms with van der Waals surface area (Å²) in [4.78, 5) is 25.5. The highest BCUT2D eigenvalue weighted by Crippen LogP contribution is 2.16. The van der Waals surface area contributed by atoms with Gasteiger partial charge >= 0.3 is 6.09 Å². The maximum absolute atomic E-state index is 12.1. The standard InChI is InChI=1S/C16H22N2O4/c1-16(2,3)22-15(21)18-9-12(13(19)10-18)17-14(20)11-7-5-4-6-8-11/h4-8,12-13,19H,9-10H2,1-3H3,(H,17,20)/t12-,13-/m0/s1. The van der Waals surface area contributed by atoms with E-state index in [2.05, 4.69) is 5.32 Å². The molecule has 6 nitrogen and oxygen atoms in total. The molecule has 0 unspecified atom stereocenters. The fraction of sp³-hybridized carbons (Fsp3) is 0.500. The van der Waals surface area contributed by atoms with Crippen LogP contribution in [0.3, 0.4) is 0 Å². The number of aliphatic hydroxyl groups excluding tert-OH is 1. The monoisotopic (exact) mass is 306 g/mol. The first kappa shape index (κ1) is 16.3. The van der Waals surface area contributed by atoms with Crippen LogP contribution in [0.15, 0.2) is 30.3 Å². The lowest BCUT2D eigenvalue weighted by Gasteiger charge is -2.24. The van der Waals surface area contributed by atoms with E-state index in [0.717, 1.165) is 0 Å². The lowest BCUT2D eigenvalue weighted by atomic mass is 10.1. The third kappa shape index (κ3) is 4.21. The van der Waals surface area contributed by atoms with Gasteiger partial charge in [-0.3, -0.25) is 4.79 Å². The minimum atomic E-state index is -0.805. The van der Waals surface area contributed by atoms with E-state index >= 15 is 0 Å². The Hall–Kier alpha value is -2.08. The van der Waals surface area contributed by atoms with Gasteiger partial charge in [0.15, 0.2) is 0 Å². The molecule has 1 heterocycles. The first-order valence-electron chi connectivity index (χ1n) is 7.28. The van der Waals surface area contributed by atoms with Crippen molar-refractivity contribution in [3.05, 3.63) is 35.9 Å². The van der Waals surface area contributed by atoms with Crippen molar-refractivity contribution in [3.8, 4) is 0 Å². The number of carbonyl (C=O) groups is 2.